The maximum Gasteiger partial charge on any atom is 0.118 e. The Labute approximate surface area is 111 Å². The zero-order valence-corrected chi connectivity index (χ0v) is 10.6. The molecular weight excluding hydrogens is 250 g/mol. The Balaban J connectivity index is 2.21. The quantitative estimate of drug-likeness (QED) is 0.571. The van der Waals surface area contributed by atoms with Crippen LogP contribution in [0.4, 0.5) is 0 Å². The Hall–Kier alpha value is -1.18. The van der Waals surface area contributed by atoms with Crippen molar-refractivity contribution in [2.45, 2.75) is 30.5 Å². The van der Waals surface area contributed by atoms with Crippen LogP contribution in [0.2, 0.25) is 0 Å². The molecule has 1 heterocycles. The van der Waals surface area contributed by atoms with Crippen LogP contribution < -0.4 is 10.5 Å². The molecule has 0 saturated carbocycles. The second-order valence-corrected chi connectivity index (χ2v) is 4.61. The van der Waals surface area contributed by atoms with Crippen LogP contribution in [0.15, 0.2) is 24.3 Å². The van der Waals surface area contributed by atoms with Crippen molar-refractivity contribution in [2.75, 3.05) is 13.7 Å². The molecular formula is C13H19NO5. The van der Waals surface area contributed by atoms with E-state index in [0.29, 0.717) is 5.75 Å². The van der Waals surface area contributed by atoms with E-state index in [1.165, 1.54) is 0 Å². The van der Waals surface area contributed by atoms with Crippen molar-refractivity contribution in [3.63, 3.8) is 0 Å². The standard InChI is InChI=1S/C13H19NO5/c1-18-8-4-2-7(3-5-8)13-10(14)12(17)11(16)9(6-15)19-13/h2-5,9-13,15-17H,6,14H2,1H3/t9-,10-,11-,12-,13+/m1/s1. The lowest BCUT2D eigenvalue weighted by Gasteiger charge is -2.41. The first kappa shape index (κ1) is 14.2. The highest BCUT2D eigenvalue weighted by Crippen LogP contribution is 2.31. The van der Waals surface area contributed by atoms with Gasteiger partial charge in [0.2, 0.25) is 0 Å². The molecule has 1 saturated heterocycles. The number of hydrogen-bond donors (Lipinski definition) is 4. The van der Waals surface area contributed by atoms with E-state index in [-0.39, 0.29) is 6.61 Å². The molecule has 5 atom stereocenters. The third-order valence-corrected chi connectivity index (χ3v) is 3.42. The Morgan fingerprint density at radius 3 is 2.37 bits per heavy atom. The highest BCUT2D eigenvalue weighted by atomic mass is 16.5. The van der Waals surface area contributed by atoms with Gasteiger partial charge in [-0.2, -0.15) is 0 Å². The normalized spacial score (nSPS) is 35.1. The van der Waals surface area contributed by atoms with E-state index in [9.17, 15) is 10.2 Å². The predicted octanol–water partition coefficient (Wildman–Crippen LogP) is -0.823. The Kier molecular flexibility index (Phi) is 4.38. The van der Waals surface area contributed by atoms with Crippen LogP contribution in [0, 0.1) is 0 Å². The molecule has 1 aromatic rings. The second-order valence-electron chi connectivity index (χ2n) is 4.61. The topological polar surface area (TPSA) is 105 Å². The van der Waals surface area contributed by atoms with Gasteiger partial charge in [0, 0.05) is 0 Å². The summed E-state index contributed by atoms with van der Waals surface area (Å²) in [5.41, 5.74) is 6.65. The van der Waals surface area contributed by atoms with Crippen molar-refractivity contribution in [1.82, 2.24) is 0 Å². The first-order valence-electron chi connectivity index (χ1n) is 6.10. The summed E-state index contributed by atoms with van der Waals surface area (Å²) in [4.78, 5) is 0. The van der Waals surface area contributed by atoms with Crippen molar-refractivity contribution >= 4 is 0 Å². The Morgan fingerprint density at radius 1 is 1.21 bits per heavy atom. The van der Waals surface area contributed by atoms with Crippen molar-refractivity contribution < 1.29 is 24.8 Å². The summed E-state index contributed by atoms with van der Waals surface area (Å²) in [5.74, 6) is 0.701. The van der Waals surface area contributed by atoms with Crippen molar-refractivity contribution in [2.24, 2.45) is 5.73 Å². The van der Waals surface area contributed by atoms with Crippen LogP contribution >= 0.6 is 0 Å². The lowest BCUT2D eigenvalue weighted by atomic mass is 9.90. The molecule has 0 amide bonds. The van der Waals surface area contributed by atoms with Crippen LogP contribution in [0.25, 0.3) is 0 Å². The monoisotopic (exact) mass is 269 g/mol. The van der Waals surface area contributed by atoms with Gasteiger partial charge >= 0.3 is 0 Å². The molecule has 0 bridgehead atoms. The number of rotatable bonds is 3. The zero-order valence-electron chi connectivity index (χ0n) is 10.6. The average molecular weight is 269 g/mol. The Bertz CT molecular complexity index is 408. The molecule has 5 N–H and O–H groups in total. The van der Waals surface area contributed by atoms with Crippen LogP contribution in [0.1, 0.15) is 11.7 Å². The maximum absolute atomic E-state index is 9.89. The molecule has 1 aliphatic rings. The largest absolute Gasteiger partial charge is 0.497 e. The minimum atomic E-state index is -1.19. The van der Waals surface area contributed by atoms with Crippen LogP contribution in [0.5, 0.6) is 5.75 Å². The summed E-state index contributed by atoms with van der Waals surface area (Å²) < 4.78 is 10.6. The predicted molar refractivity (Wildman–Crippen MR) is 67.7 cm³/mol. The number of nitrogens with two attached hydrogens (primary N) is 1. The fourth-order valence-corrected chi connectivity index (χ4v) is 2.23. The number of hydrogen-bond acceptors (Lipinski definition) is 6. The molecule has 6 nitrogen and oxygen atoms in total. The fourth-order valence-electron chi connectivity index (χ4n) is 2.23. The van der Waals surface area contributed by atoms with Crippen molar-refractivity contribution in [3.05, 3.63) is 29.8 Å². The lowest BCUT2D eigenvalue weighted by Crippen LogP contribution is -2.58. The van der Waals surface area contributed by atoms with Gasteiger partial charge in [-0.15, -0.1) is 0 Å². The SMILES string of the molecule is COc1ccc([C@@H]2O[C@H](CO)[C@@H](O)[C@H](O)[C@H]2N)cc1. The van der Waals surface area contributed by atoms with Gasteiger partial charge in [-0.05, 0) is 17.7 Å². The molecule has 106 valence electrons. The number of benzene rings is 1. The second kappa shape index (κ2) is 5.85. The summed E-state index contributed by atoms with van der Waals surface area (Å²) >= 11 is 0. The van der Waals surface area contributed by atoms with E-state index in [2.05, 4.69) is 0 Å². The average Bonchev–Trinajstić information content (AvgIpc) is 2.45. The first-order chi connectivity index (χ1) is 9.08. The van der Waals surface area contributed by atoms with Gasteiger partial charge in [-0.25, -0.2) is 0 Å². The van der Waals surface area contributed by atoms with E-state index in [1.807, 2.05) is 0 Å². The number of aliphatic hydroxyl groups is 3. The van der Waals surface area contributed by atoms with E-state index in [1.54, 1.807) is 31.4 Å². The van der Waals surface area contributed by atoms with Gasteiger partial charge in [0.05, 0.1) is 19.8 Å². The maximum atomic E-state index is 9.89. The molecule has 0 radical (unpaired) electrons. The van der Waals surface area contributed by atoms with Crippen molar-refractivity contribution in [1.29, 1.82) is 0 Å². The van der Waals surface area contributed by atoms with Crippen LogP contribution in [-0.2, 0) is 4.74 Å². The summed E-state index contributed by atoms with van der Waals surface area (Å²) in [6.45, 7) is -0.377. The van der Waals surface area contributed by atoms with Crippen LogP contribution in [0.3, 0.4) is 0 Å². The molecule has 0 spiro atoms. The summed E-state index contributed by atoms with van der Waals surface area (Å²) in [6, 6.07) is 6.32. The van der Waals surface area contributed by atoms with Gasteiger partial charge in [0.15, 0.2) is 0 Å². The lowest BCUT2D eigenvalue weighted by molar-refractivity contribution is -0.190. The number of ether oxygens (including phenoxy) is 2. The van der Waals surface area contributed by atoms with E-state index in [0.717, 1.165) is 5.56 Å². The van der Waals surface area contributed by atoms with Gasteiger partial charge in [-0.1, -0.05) is 12.1 Å². The molecule has 1 fully saturated rings. The summed E-state index contributed by atoms with van der Waals surface area (Å²) in [6.07, 6.45) is -3.75. The van der Waals surface area contributed by atoms with Crippen molar-refractivity contribution in [3.8, 4) is 5.75 Å². The summed E-state index contributed by atoms with van der Waals surface area (Å²) in [5, 5.41) is 28.8. The Morgan fingerprint density at radius 2 is 1.84 bits per heavy atom. The fraction of sp³-hybridized carbons (Fsp3) is 0.538. The highest BCUT2D eigenvalue weighted by molar-refractivity contribution is 5.30. The van der Waals surface area contributed by atoms with E-state index >= 15 is 0 Å². The smallest absolute Gasteiger partial charge is 0.118 e. The molecule has 1 aliphatic heterocycles. The molecule has 0 aliphatic carbocycles. The minimum absolute atomic E-state index is 0.377. The van der Waals surface area contributed by atoms with Gasteiger partial charge in [-0.3, -0.25) is 0 Å². The molecule has 0 unspecified atom stereocenters. The molecule has 1 aromatic carbocycles. The van der Waals surface area contributed by atoms with Gasteiger partial charge in [0.1, 0.15) is 30.2 Å². The molecule has 2 rings (SSSR count). The third-order valence-electron chi connectivity index (χ3n) is 3.42. The molecule has 19 heavy (non-hydrogen) atoms. The third kappa shape index (κ3) is 2.72. The molecule has 0 aromatic heterocycles. The zero-order chi connectivity index (χ0) is 14.0. The van der Waals surface area contributed by atoms with E-state index < -0.39 is 30.5 Å². The summed E-state index contributed by atoms with van der Waals surface area (Å²) in [7, 11) is 1.57. The molecule has 6 heteroatoms. The minimum Gasteiger partial charge on any atom is -0.497 e. The first-order valence-corrected chi connectivity index (χ1v) is 6.10. The van der Waals surface area contributed by atoms with Gasteiger partial charge in [0.25, 0.3) is 0 Å². The highest BCUT2D eigenvalue weighted by Gasteiger charge is 2.42. The van der Waals surface area contributed by atoms with Gasteiger partial charge < -0.3 is 30.5 Å². The number of aliphatic hydroxyl groups excluding tert-OH is 3. The number of methoxy groups -OCH3 is 1. The van der Waals surface area contributed by atoms with E-state index in [4.69, 9.17) is 20.3 Å². The van der Waals surface area contributed by atoms with Crippen LogP contribution in [-0.4, -0.2) is 53.4 Å².